The van der Waals surface area contributed by atoms with Crippen LogP contribution in [0.4, 0.5) is 0 Å². The van der Waals surface area contributed by atoms with Gasteiger partial charge in [0.15, 0.2) is 0 Å². The van der Waals surface area contributed by atoms with Gasteiger partial charge < -0.3 is 15.6 Å². The van der Waals surface area contributed by atoms with Gasteiger partial charge in [0.1, 0.15) is 0 Å². The summed E-state index contributed by atoms with van der Waals surface area (Å²) in [5.41, 5.74) is 9.73. The van der Waals surface area contributed by atoms with Crippen LogP contribution in [0, 0.1) is 0 Å². The third kappa shape index (κ3) is 2.68. The second kappa shape index (κ2) is 5.90. The minimum atomic E-state index is -0.350. The lowest BCUT2D eigenvalue weighted by Crippen LogP contribution is -2.45. The smallest absolute Gasteiger partial charge is 0.239 e. The largest absolute Gasteiger partial charge is 0.358 e. The molecule has 4 nitrogen and oxygen atoms in total. The molecule has 1 aliphatic rings. The number of amides is 1. The van der Waals surface area contributed by atoms with Crippen LogP contribution in [0.15, 0.2) is 24.3 Å². The summed E-state index contributed by atoms with van der Waals surface area (Å²) in [6.07, 6.45) is 3.76. The van der Waals surface area contributed by atoms with Crippen LogP contribution in [-0.2, 0) is 17.8 Å². The molecule has 0 bridgehead atoms. The van der Waals surface area contributed by atoms with Crippen molar-refractivity contribution < 1.29 is 4.79 Å². The molecule has 2 heterocycles. The summed E-state index contributed by atoms with van der Waals surface area (Å²) in [5.74, 6) is 0.0966. The van der Waals surface area contributed by atoms with E-state index in [0.29, 0.717) is 6.54 Å². The Balaban J connectivity index is 1.79. The number of nitrogens with zero attached hydrogens (tertiary/aromatic N) is 1. The molecule has 1 aromatic carbocycles. The number of H-pyrrole nitrogens is 1. The average molecular weight is 285 g/mol. The zero-order valence-electron chi connectivity index (χ0n) is 12.6. The molecule has 0 spiro atoms. The van der Waals surface area contributed by atoms with E-state index in [1.54, 1.807) is 0 Å². The van der Waals surface area contributed by atoms with E-state index in [0.717, 1.165) is 37.7 Å². The molecule has 1 aromatic heterocycles. The monoisotopic (exact) mass is 285 g/mol. The number of fused-ring (bicyclic) bond motifs is 3. The second-order valence-electron chi connectivity index (χ2n) is 5.89. The minimum Gasteiger partial charge on any atom is -0.358 e. The zero-order valence-corrected chi connectivity index (χ0v) is 12.6. The topological polar surface area (TPSA) is 62.1 Å². The van der Waals surface area contributed by atoms with Crippen LogP contribution in [0.1, 0.15) is 37.4 Å². The van der Waals surface area contributed by atoms with Crippen molar-refractivity contribution in [3.05, 3.63) is 35.5 Å². The van der Waals surface area contributed by atoms with E-state index >= 15 is 0 Å². The molecule has 3 N–H and O–H groups in total. The normalized spacial score (nSPS) is 16.0. The van der Waals surface area contributed by atoms with Crippen molar-refractivity contribution in [1.82, 2.24) is 9.88 Å². The van der Waals surface area contributed by atoms with Gasteiger partial charge in [-0.15, -0.1) is 0 Å². The summed E-state index contributed by atoms with van der Waals surface area (Å²) in [4.78, 5) is 17.9. The molecule has 4 heteroatoms. The number of hydrogen-bond acceptors (Lipinski definition) is 2. The van der Waals surface area contributed by atoms with Crippen LogP contribution in [0.5, 0.6) is 0 Å². The predicted molar refractivity (Wildman–Crippen MR) is 84.9 cm³/mol. The molecular weight excluding hydrogens is 262 g/mol. The molecule has 1 unspecified atom stereocenters. The van der Waals surface area contributed by atoms with Crippen LogP contribution in [0.25, 0.3) is 10.9 Å². The van der Waals surface area contributed by atoms with Gasteiger partial charge in [0.2, 0.25) is 5.91 Å². The SMILES string of the molecule is CCCCC(N)C(=O)N1CCc2[nH]c3ccccc3c2C1. The van der Waals surface area contributed by atoms with Crippen molar-refractivity contribution in [3.8, 4) is 0 Å². The molecule has 1 amide bonds. The van der Waals surface area contributed by atoms with E-state index in [4.69, 9.17) is 5.73 Å². The Morgan fingerprint density at radius 2 is 2.24 bits per heavy atom. The number of para-hydroxylation sites is 1. The fourth-order valence-corrected chi connectivity index (χ4v) is 3.14. The third-order valence-electron chi connectivity index (χ3n) is 4.38. The van der Waals surface area contributed by atoms with Gasteiger partial charge in [-0.1, -0.05) is 38.0 Å². The van der Waals surface area contributed by atoms with Gasteiger partial charge in [0.05, 0.1) is 6.04 Å². The summed E-state index contributed by atoms with van der Waals surface area (Å²) in [6, 6.07) is 7.94. The van der Waals surface area contributed by atoms with Crippen molar-refractivity contribution >= 4 is 16.8 Å². The Kier molecular flexibility index (Phi) is 3.97. The van der Waals surface area contributed by atoms with Gasteiger partial charge in [0.25, 0.3) is 0 Å². The minimum absolute atomic E-state index is 0.0966. The number of aromatic amines is 1. The molecular formula is C17H23N3O. The van der Waals surface area contributed by atoms with E-state index in [-0.39, 0.29) is 11.9 Å². The second-order valence-corrected chi connectivity index (χ2v) is 5.89. The number of carbonyl (C=O) groups excluding carboxylic acids is 1. The highest BCUT2D eigenvalue weighted by atomic mass is 16.2. The summed E-state index contributed by atoms with van der Waals surface area (Å²) in [5, 5.41) is 1.23. The Hall–Kier alpha value is -1.81. The number of unbranched alkanes of at least 4 members (excludes halogenated alkanes) is 1. The molecule has 21 heavy (non-hydrogen) atoms. The predicted octanol–water partition coefficient (Wildman–Crippen LogP) is 2.57. The molecule has 112 valence electrons. The lowest BCUT2D eigenvalue weighted by atomic mass is 10.0. The zero-order chi connectivity index (χ0) is 14.8. The summed E-state index contributed by atoms with van der Waals surface area (Å²) >= 11 is 0. The van der Waals surface area contributed by atoms with Crippen LogP contribution < -0.4 is 5.73 Å². The van der Waals surface area contributed by atoms with Crippen molar-refractivity contribution in [2.45, 2.75) is 45.2 Å². The number of hydrogen-bond donors (Lipinski definition) is 2. The average Bonchev–Trinajstić information content (AvgIpc) is 2.89. The number of benzene rings is 1. The first-order valence-corrected chi connectivity index (χ1v) is 7.83. The van der Waals surface area contributed by atoms with E-state index < -0.39 is 0 Å². The third-order valence-corrected chi connectivity index (χ3v) is 4.38. The highest BCUT2D eigenvalue weighted by Crippen LogP contribution is 2.27. The Morgan fingerprint density at radius 1 is 1.43 bits per heavy atom. The van der Waals surface area contributed by atoms with Gasteiger partial charge in [-0.2, -0.15) is 0 Å². The maximum absolute atomic E-state index is 12.5. The molecule has 0 aliphatic carbocycles. The number of nitrogens with two attached hydrogens (primary N) is 1. The van der Waals surface area contributed by atoms with Crippen LogP contribution in [0.2, 0.25) is 0 Å². The van der Waals surface area contributed by atoms with E-state index in [1.165, 1.54) is 16.6 Å². The molecule has 3 rings (SSSR count). The highest BCUT2D eigenvalue weighted by molar-refractivity contribution is 5.87. The lowest BCUT2D eigenvalue weighted by Gasteiger charge is -2.29. The summed E-state index contributed by atoms with van der Waals surface area (Å²) in [6.45, 7) is 3.56. The number of rotatable bonds is 4. The van der Waals surface area contributed by atoms with Gasteiger partial charge in [-0.25, -0.2) is 0 Å². The fourth-order valence-electron chi connectivity index (χ4n) is 3.14. The van der Waals surface area contributed by atoms with Crippen molar-refractivity contribution in [2.75, 3.05) is 6.54 Å². The Morgan fingerprint density at radius 3 is 3.05 bits per heavy atom. The van der Waals surface area contributed by atoms with Gasteiger partial charge in [-0.3, -0.25) is 4.79 Å². The van der Waals surface area contributed by atoms with E-state index in [9.17, 15) is 4.79 Å². The first-order valence-electron chi connectivity index (χ1n) is 7.83. The number of carbonyl (C=O) groups is 1. The molecule has 0 radical (unpaired) electrons. The van der Waals surface area contributed by atoms with Crippen molar-refractivity contribution in [3.63, 3.8) is 0 Å². The highest BCUT2D eigenvalue weighted by Gasteiger charge is 2.26. The molecule has 2 aromatic rings. The van der Waals surface area contributed by atoms with Gasteiger partial charge in [-0.05, 0) is 12.5 Å². The number of aromatic nitrogens is 1. The molecule has 0 saturated heterocycles. The first kappa shape index (κ1) is 14.1. The van der Waals surface area contributed by atoms with E-state index in [1.807, 2.05) is 17.0 Å². The van der Waals surface area contributed by atoms with E-state index in [2.05, 4.69) is 24.0 Å². The van der Waals surface area contributed by atoms with Crippen LogP contribution in [-0.4, -0.2) is 28.4 Å². The maximum atomic E-state index is 12.5. The van der Waals surface area contributed by atoms with Crippen LogP contribution >= 0.6 is 0 Å². The first-order chi connectivity index (χ1) is 10.2. The van der Waals surface area contributed by atoms with Gasteiger partial charge >= 0.3 is 0 Å². The Labute approximate surface area is 125 Å². The molecule has 0 fully saturated rings. The molecule has 1 aliphatic heterocycles. The summed E-state index contributed by atoms with van der Waals surface area (Å²) in [7, 11) is 0. The van der Waals surface area contributed by atoms with Crippen molar-refractivity contribution in [1.29, 1.82) is 0 Å². The fraction of sp³-hybridized carbons (Fsp3) is 0.471. The summed E-state index contributed by atoms with van der Waals surface area (Å²) < 4.78 is 0. The maximum Gasteiger partial charge on any atom is 0.239 e. The quantitative estimate of drug-likeness (QED) is 0.907. The number of nitrogens with one attached hydrogen (secondary N) is 1. The lowest BCUT2D eigenvalue weighted by molar-refractivity contribution is -0.133. The van der Waals surface area contributed by atoms with Crippen molar-refractivity contribution in [2.24, 2.45) is 5.73 Å². The molecule has 1 atom stereocenters. The standard InChI is InChI=1S/C17H23N3O/c1-2-3-7-14(18)17(21)20-10-9-16-13(11-20)12-6-4-5-8-15(12)19-16/h4-6,8,14,19H,2-3,7,9-11,18H2,1H3. The van der Waals surface area contributed by atoms with Gasteiger partial charge in [0, 0.05) is 41.7 Å². The molecule has 0 saturated carbocycles. The van der Waals surface area contributed by atoms with Crippen LogP contribution in [0.3, 0.4) is 0 Å². The Bertz CT molecular complexity index is 647.